The number of nitrogens with zero attached hydrogens (tertiary/aromatic N) is 3. The van der Waals surface area contributed by atoms with Crippen LogP contribution in [0, 0.1) is 0 Å². The van der Waals surface area contributed by atoms with Gasteiger partial charge in [0.25, 0.3) is 5.91 Å². The van der Waals surface area contributed by atoms with Crippen LogP contribution in [0.3, 0.4) is 0 Å². The van der Waals surface area contributed by atoms with Gasteiger partial charge < -0.3 is 19.2 Å². The fraction of sp³-hybridized carbons (Fsp3) is 0.0800. The predicted octanol–water partition coefficient (Wildman–Crippen LogP) is 4.96. The minimum Gasteiger partial charge on any atom is -0.497 e. The van der Waals surface area contributed by atoms with Crippen molar-refractivity contribution in [3.05, 3.63) is 88.6 Å². The Kier molecular flexibility index (Phi) is 6.18. The van der Waals surface area contributed by atoms with Crippen LogP contribution in [0.25, 0.3) is 22.4 Å². The Morgan fingerprint density at radius 3 is 2.63 bits per heavy atom. The van der Waals surface area contributed by atoms with Crippen molar-refractivity contribution in [2.45, 2.75) is 6.61 Å². The van der Waals surface area contributed by atoms with Gasteiger partial charge in [0.1, 0.15) is 18.1 Å². The van der Waals surface area contributed by atoms with Crippen molar-refractivity contribution in [1.29, 1.82) is 0 Å². The summed E-state index contributed by atoms with van der Waals surface area (Å²) in [6, 6.07) is 19.4. The van der Waals surface area contributed by atoms with E-state index in [2.05, 4.69) is 20.5 Å². The second kappa shape index (κ2) is 9.74. The molecule has 0 spiro atoms. The summed E-state index contributed by atoms with van der Waals surface area (Å²) < 4.78 is 16.0. The summed E-state index contributed by atoms with van der Waals surface area (Å²) in [5.74, 6) is 0.270. The van der Waals surface area contributed by atoms with Gasteiger partial charge in [0, 0.05) is 11.1 Å². The van der Waals surface area contributed by atoms with Crippen molar-refractivity contribution in [2.24, 2.45) is 0 Å². The molecule has 0 saturated heterocycles. The molecular weight excluding hydrogens is 468 g/mol. The minimum absolute atomic E-state index is 0.126. The van der Waals surface area contributed by atoms with Crippen molar-refractivity contribution in [3.63, 3.8) is 0 Å². The summed E-state index contributed by atoms with van der Waals surface area (Å²) >= 11 is 1.05. The first-order chi connectivity index (χ1) is 17.1. The van der Waals surface area contributed by atoms with Gasteiger partial charge in [-0.25, -0.2) is 9.78 Å². The number of benzene rings is 2. The van der Waals surface area contributed by atoms with Crippen LogP contribution in [0.1, 0.15) is 25.2 Å². The van der Waals surface area contributed by atoms with Gasteiger partial charge in [0.05, 0.1) is 24.5 Å². The van der Waals surface area contributed by atoms with Crippen LogP contribution in [0.2, 0.25) is 0 Å². The lowest BCUT2D eigenvalue weighted by atomic mass is 10.1. The molecule has 3 aromatic heterocycles. The number of rotatable bonds is 7. The zero-order valence-electron chi connectivity index (χ0n) is 18.4. The number of esters is 1. The molecule has 0 aliphatic heterocycles. The molecule has 5 aromatic rings. The first-order valence-electron chi connectivity index (χ1n) is 10.5. The second-order valence-corrected chi connectivity index (χ2v) is 8.37. The number of anilines is 1. The van der Waals surface area contributed by atoms with Crippen LogP contribution < -0.4 is 10.1 Å². The highest BCUT2D eigenvalue weighted by Gasteiger charge is 2.18. The zero-order chi connectivity index (χ0) is 24.2. The van der Waals surface area contributed by atoms with Crippen LogP contribution in [0.5, 0.6) is 5.75 Å². The number of carbonyl (C=O) groups excluding carboxylic acids is 2. The highest BCUT2D eigenvalue weighted by atomic mass is 32.1. The van der Waals surface area contributed by atoms with Gasteiger partial charge in [-0.15, -0.1) is 10.2 Å². The molecule has 0 fully saturated rings. The molecule has 0 bridgehead atoms. The number of pyridine rings is 1. The Morgan fingerprint density at radius 2 is 1.86 bits per heavy atom. The van der Waals surface area contributed by atoms with Crippen LogP contribution in [-0.4, -0.2) is 34.2 Å². The van der Waals surface area contributed by atoms with E-state index in [0.717, 1.165) is 11.3 Å². The summed E-state index contributed by atoms with van der Waals surface area (Å²) in [7, 11) is 1.57. The molecule has 5 rings (SSSR count). The number of para-hydroxylation sites is 1. The molecule has 1 N–H and O–H groups in total. The third-order valence-corrected chi connectivity index (χ3v) is 5.94. The maximum absolute atomic E-state index is 13.0. The number of aromatic nitrogens is 3. The van der Waals surface area contributed by atoms with Crippen molar-refractivity contribution in [2.75, 3.05) is 12.4 Å². The van der Waals surface area contributed by atoms with Gasteiger partial charge in [-0.2, -0.15) is 0 Å². The molecule has 1 amide bonds. The van der Waals surface area contributed by atoms with Gasteiger partial charge in [0.2, 0.25) is 5.01 Å². The molecule has 3 heterocycles. The molecule has 35 heavy (non-hydrogen) atoms. The van der Waals surface area contributed by atoms with Crippen molar-refractivity contribution < 1.29 is 23.5 Å². The topological polar surface area (TPSA) is 116 Å². The van der Waals surface area contributed by atoms with E-state index in [-0.39, 0.29) is 11.6 Å². The lowest BCUT2D eigenvalue weighted by Gasteiger charge is -2.08. The standard InChI is InChI=1S/C25H18N4O5S/c1-32-16-10-8-15(9-11-16)26-23(30)24-29-28-22(35-24)14-34-25(31)18-13-20(21-7-4-12-33-21)27-19-6-3-2-5-17(18)19/h2-13H,14H2,1H3,(H,26,30). The Morgan fingerprint density at radius 1 is 1.03 bits per heavy atom. The number of furan rings is 1. The summed E-state index contributed by atoms with van der Waals surface area (Å²) in [6.45, 7) is -0.126. The lowest BCUT2D eigenvalue weighted by molar-refractivity contribution is 0.0474. The third kappa shape index (κ3) is 4.87. The average molecular weight is 487 g/mol. The Labute approximate surface area is 203 Å². The molecule has 0 unspecified atom stereocenters. The van der Waals surface area contributed by atoms with E-state index in [1.54, 1.807) is 61.9 Å². The number of hydrogen-bond acceptors (Lipinski definition) is 9. The quantitative estimate of drug-likeness (QED) is 0.321. The first kappa shape index (κ1) is 22.2. The van der Waals surface area contributed by atoms with E-state index in [9.17, 15) is 9.59 Å². The van der Waals surface area contributed by atoms with Crippen LogP contribution in [-0.2, 0) is 11.3 Å². The number of amides is 1. The fourth-order valence-electron chi connectivity index (χ4n) is 3.36. The zero-order valence-corrected chi connectivity index (χ0v) is 19.2. The number of hydrogen-bond donors (Lipinski definition) is 1. The second-order valence-electron chi connectivity index (χ2n) is 7.31. The molecule has 0 saturated carbocycles. The number of fused-ring (bicyclic) bond motifs is 1. The number of ether oxygens (including phenoxy) is 2. The first-order valence-corrected chi connectivity index (χ1v) is 11.3. The van der Waals surface area contributed by atoms with E-state index in [4.69, 9.17) is 13.9 Å². The van der Waals surface area contributed by atoms with Crippen LogP contribution >= 0.6 is 11.3 Å². The van der Waals surface area contributed by atoms with Gasteiger partial charge in [-0.05, 0) is 48.5 Å². The van der Waals surface area contributed by atoms with Crippen molar-refractivity contribution >= 4 is 39.8 Å². The fourth-order valence-corrected chi connectivity index (χ4v) is 4.01. The number of carbonyl (C=O) groups is 2. The van der Waals surface area contributed by atoms with Gasteiger partial charge in [0.15, 0.2) is 10.8 Å². The third-order valence-electron chi connectivity index (χ3n) is 5.05. The smallest absolute Gasteiger partial charge is 0.339 e. The van der Waals surface area contributed by atoms with E-state index in [1.807, 2.05) is 18.2 Å². The van der Waals surface area contributed by atoms with Gasteiger partial charge in [-0.1, -0.05) is 29.5 Å². The molecule has 174 valence electrons. The molecule has 10 heteroatoms. The Balaban J connectivity index is 1.29. The summed E-state index contributed by atoms with van der Waals surface area (Å²) in [5, 5.41) is 11.8. The van der Waals surface area contributed by atoms with Crippen LogP contribution in [0.15, 0.2) is 77.4 Å². The average Bonchev–Trinajstić information content (AvgIpc) is 3.60. The maximum atomic E-state index is 13.0. The molecule has 2 aromatic carbocycles. The Hall–Kier alpha value is -4.57. The highest BCUT2D eigenvalue weighted by molar-refractivity contribution is 7.13. The van der Waals surface area contributed by atoms with Crippen molar-refractivity contribution in [1.82, 2.24) is 15.2 Å². The van der Waals surface area contributed by atoms with E-state index in [0.29, 0.717) is 44.4 Å². The predicted molar refractivity (Wildman–Crippen MR) is 129 cm³/mol. The number of nitrogens with one attached hydrogen (secondary N) is 1. The highest BCUT2D eigenvalue weighted by Crippen LogP contribution is 2.26. The molecule has 0 aliphatic carbocycles. The lowest BCUT2D eigenvalue weighted by Crippen LogP contribution is -2.11. The van der Waals surface area contributed by atoms with Gasteiger partial charge >= 0.3 is 5.97 Å². The molecule has 0 atom stereocenters. The Bertz CT molecular complexity index is 1500. The van der Waals surface area contributed by atoms with E-state index >= 15 is 0 Å². The summed E-state index contributed by atoms with van der Waals surface area (Å²) in [5.41, 5.74) is 2.11. The minimum atomic E-state index is -0.546. The largest absolute Gasteiger partial charge is 0.497 e. The molecular formula is C25H18N4O5S. The molecule has 0 aliphatic rings. The van der Waals surface area contributed by atoms with Gasteiger partial charge in [-0.3, -0.25) is 4.79 Å². The molecule has 9 nitrogen and oxygen atoms in total. The van der Waals surface area contributed by atoms with Crippen molar-refractivity contribution in [3.8, 4) is 17.2 Å². The normalized spacial score (nSPS) is 10.8. The monoisotopic (exact) mass is 486 g/mol. The molecule has 0 radical (unpaired) electrons. The van der Waals surface area contributed by atoms with E-state index in [1.165, 1.54) is 0 Å². The van der Waals surface area contributed by atoms with Crippen LogP contribution in [0.4, 0.5) is 5.69 Å². The van der Waals surface area contributed by atoms with E-state index < -0.39 is 11.9 Å². The maximum Gasteiger partial charge on any atom is 0.339 e. The summed E-state index contributed by atoms with van der Waals surface area (Å²) in [4.78, 5) is 30.0. The summed E-state index contributed by atoms with van der Waals surface area (Å²) in [6.07, 6.45) is 1.54. The SMILES string of the molecule is COc1ccc(NC(=O)c2nnc(COC(=O)c3cc(-c4ccco4)nc4ccccc34)s2)cc1. The number of methoxy groups -OCH3 is 1.